The number of aromatic nitrogens is 3. The van der Waals surface area contributed by atoms with Gasteiger partial charge in [0.1, 0.15) is 5.84 Å². The first-order valence-electron chi connectivity index (χ1n) is 12.2. The highest BCUT2D eigenvalue weighted by Crippen LogP contribution is 2.36. The average molecular weight is 538 g/mol. The number of anilines is 1. The molecule has 2 atom stereocenters. The third-order valence-corrected chi connectivity index (χ3v) is 7.17. The second-order valence-corrected chi connectivity index (χ2v) is 10.0. The number of nitrogens with one attached hydrogen (secondary N) is 1. The van der Waals surface area contributed by atoms with Gasteiger partial charge in [0.25, 0.3) is 0 Å². The van der Waals surface area contributed by atoms with Crippen molar-refractivity contribution < 1.29 is 14.2 Å². The van der Waals surface area contributed by atoms with Crippen LogP contribution in [0.25, 0.3) is 16.6 Å². The van der Waals surface area contributed by atoms with Crippen LogP contribution in [-0.4, -0.2) is 44.7 Å². The van der Waals surface area contributed by atoms with Gasteiger partial charge in [-0.15, -0.1) is 0 Å². The summed E-state index contributed by atoms with van der Waals surface area (Å²) in [4.78, 5) is 8.92. The molecule has 6 N–H and O–H groups in total. The quantitative estimate of drug-likeness (QED) is 0.204. The highest BCUT2D eigenvalue weighted by molar-refractivity contribution is 6.33. The summed E-state index contributed by atoms with van der Waals surface area (Å²) in [6.45, 7) is 3.95. The van der Waals surface area contributed by atoms with Gasteiger partial charge in [-0.3, -0.25) is 0 Å². The SMILES string of the molecule is COc1cc(C)c(-c2cc3c(N[C@@H]4CC[C@H](N)C4)c(C(N)=Nc4cc(F)c(O)cc4Cl)cnn3c2)c(C)n1. The first kappa shape index (κ1) is 25.7. The van der Waals surface area contributed by atoms with Crippen molar-refractivity contribution in [3.63, 3.8) is 0 Å². The van der Waals surface area contributed by atoms with E-state index in [1.165, 1.54) is 0 Å². The number of aryl methyl sites for hydroxylation is 2. The van der Waals surface area contributed by atoms with Crippen molar-refractivity contribution in [3.8, 4) is 22.8 Å². The number of phenols is 1. The van der Waals surface area contributed by atoms with Crippen LogP contribution in [0.1, 0.15) is 36.1 Å². The van der Waals surface area contributed by atoms with Crippen molar-refractivity contribution >= 4 is 34.3 Å². The van der Waals surface area contributed by atoms with Crippen LogP contribution in [0, 0.1) is 19.7 Å². The van der Waals surface area contributed by atoms with E-state index < -0.39 is 11.6 Å². The summed E-state index contributed by atoms with van der Waals surface area (Å²) in [5.74, 6) is -0.753. The number of nitrogens with zero attached hydrogens (tertiary/aromatic N) is 4. The molecule has 0 aliphatic heterocycles. The number of methoxy groups -OCH3 is 1. The van der Waals surface area contributed by atoms with Gasteiger partial charge in [-0.25, -0.2) is 18.9 Å². The van der Waals surface area contributed by atoms with E-state index in [-0.39, 0.29) is 28.6 Å². The number of fused-ring (bicyclic) bond motifs is 1. The highest BCUT2D eigenvalue weighted by atomic mass is 35.5. The summed E-state index contributed by atoms with van der Waals surface area (Å²) in [6.07, 6.45) is 6.20. The molecule has 11 heteroatoms. The summed E-state index contributed by atoms with van der Waals surface area (Å²) in [7, 11) is 1.59. The number of amidine groups is 1. The Bertz CT molecular complexity index is 1550. The van der Waals surface area contributed by atoms with Gasteiger partial charge in [0.2, 0.25) is 5.88 Å². The largest absolute Gasteiger partial charge is 0.505 e. The fraction of sp³-hybridized carbons (Fsp3) is 0.296. The van der Waals surface area contributed by atoms with Crippen LogP contribution in [0.3, 0.4) is 0 Å². The topological polar surface area (TPSA) is 136 Å². The van der Waals surface area contributed by atoms with E-state index in [1.807, 2.05) is 32.2 Å². The molecule has 0 bridgehead atoms. The monoisotopic (exact) mass is 537 g/mol. The molecule has 1 aliphatic carbocycles. The van der Waals surface area contributed by atoms with E-state index in [0.29, 0.717) is 11.4 Å². The Morgan fingerprint density at radius 2 is 2.05 bits per heavy atom. The number of halogens is 2. The van der Waals surface area contributed by atoms with Crippen LogP contribution >= 0.6 is 11.6 Å². The zero-order chi connectivity index (χ0) is 27.1. The lowest BCUT2D eigenvalue weighted by molar-refractivity contribution is 0.396. The molecule has 5 rings (SSSR count). The number of aliphatic imine (C=N–C) groups is 1. The summed E-state index contributed by atoms with van der Waals surface area (Å²) in [5, 5.41) is 17.9. The lowest BCUT2D eigenvalue weighted by Crippen LogP contribution is -2.24. The lowest BCUT2D eigenvalue weighted by Gasteiger charge is -2.18. The molecule has 1 fully saturated rings. The Kier molecular flexibility index (Phi) is 6.85. The Morgan fingerprint density at radius 3 is 2.74 bits per heavy atom. The highest BCUT2D eigenvalue weighted by Gasteiger charge is 2.25. The molecule has 198 valence electrons. The Balaban J connectivity index is 1.65. The minimum atomic E-state index is -0.845. The van der Waals surface area contributed by atoms with E-state index in [4.69, 9.17) is 27.8 Å². The normalized spacial score (nSPS) is 17.8. The number of aromatic hydroxyl groups is 1. The van der Waals surface area contributed by atoms with Crippen molar-refractivity contribution in [1.82, 2.24) is 14.6 Å². The fourth-order valence-electron chi connectivity index (χ4n) is 5.03. The molecule has 38 heavy (non-hydrogen) atoms. The standard InChI is InChI=1S/C27H29ClFN7O2/c1-13-6-24(38-3)33-14(2)25(13)15-7-22-26(34-17-5-4-16(30)8-17)18(11-32-36(22)12-15)27(31)35-21-10-20(29)23(37)9-19(21)28/h6-7,9-12,16-17,34,37H,4-5,8,30H2,1-3H3,(H2,31,35)/t16-,17+/m0/s1. The number of hydrogen-bond donors (Lipinski definition) is 4. The predicted molar refractivity (Wildman–Crippen MR) is 147 cm³/mol. The van der Waals surface area contributed by atoms with E-state index in [9.17, 15) is 9.50 Å². The molecule has 0 unspecified atom stereocenters. The first-order chi connectivity index (χ1) is 18.1. The number of benzene rings is 1. The Morgan fingerprint density at radius 1 is 1.26 bits per heavy atom. The van der Waals surface area contributed by atoms with Crippen molar-refractivity contribution in [2.45, 2.75) is 45.2 Å². The molecule has 3 heterocycles. The van der Waals surface area contributed by atoms with Crippen LogP contribution in [0.5, 0.6) is 11.6 Å². The van der Waals surface area contributed by atoms with Crippen LogP contribution in [0.15, 0.2) is 41.7 Å². The maximum Gasteiger partial charge on any atom is 0.213 e. The van der Waals surface area contributed by atoms with E-state index >= 15 is 0 Å². The molecule has 0 saturated heterocycles. The zero-order valence-corrected chi connectivity index (χ0v) is 22.1. The van der Waals surface area contributed by atoms with Crippen LogP contribution in [0.4, 0.5) is 15.8 Å². The van der Waals surface area contributed by atoms with E-state index in [0.717, 1.165) is 65.0 Å². The molecule has 1 aliphatic rings. The third-order valence-electron chi connectivity index (χ3n) is 6.86. The van der Waals surface area contributed by atoms with Gasteiger partial charge in [0.15, 0.2) is 11.6 Å². The number of hydrogen-bond acceptors (Lipinski definition) is 7. The van der Waals surface area contributed by atoms with Crippen LogP contribution in [-0.2, 0) is 0 Å². The summed E-state index contributed by atoms with van der Waals surface area (Å²) >= 11 is 6.19. The smallest absolute Gasteiger partial charge is 0.213 e. The Labute approximate surface area is 224 Å². The second-order valence-electron chi connectivity index (χ2n) is 9.60. The molecule has 0 spiro atoms. The molecular formula is C27H29ClFN7O2. The van der Waals surface area contributed by atoms with Crippen molar-refractivity contribution in [2.24, 2.45) is 16.5 Å². The molecule has 9 nitrogen and oxygen atoms in total. The number of phenolic OH excluding ortho intramolecular Hbond substituents is 1. The van der Waals surface area contributed by atoms with Gasteiger partial charge in [-0.2, -0.15) is 5.10 Å². The van der Waals surface area contributed by atoms with Gasteiger partial charge < -0.3 is 26.6 Å². The minimum Gasteiger partial charge on any atom is -0.505 e. The molecule has 1 aromatic carbocycles. The second kappa shape index (κ2) is 10.1. The number of pyridine rings is 1. The summed E-state index contributed by atoms with van der Waals surface area (Å²) in [5.41, 5.74) is 18.5. The molecule has 0 radical (unpaired) electrons. The molecule has 3 aromatic heterocycles. The van der Waals surface area contributed by atoms with Crippen LogP contribution < -0.4 is 21.5 Å². The maximum atomic E-state index is 14.0. The summed E-state index contributed by atoms with van der Waals surface area (Å²) in [6, 6.07) is 6.32. The summed E-state index contributed by atoms with van der Waals surface area (Å²) < 4.78 is 21.1. The number of nitrogens with two attached hydrogens (primary N) is 2. The predicted octanol–water partition coefficient (Wildman–Crippen LogP) is 4.85. The van der Waals surface area contributed by atoms with Gasteiger partial charge in [0.05, 0.1) is 40.8 Å². The third kappa shape index (κ3) is 4.84. The molecular weight excluding hydrogens is 509 g/mol. The molecule has 4 aromatic rings. The lowest BCUT2D eigenvalue weighted by atomic mass is 10.0. The van der Waals surface area contributed by atoms with Crippen molar-refractivity contribution in [1.29, 1.82) is 0 Å². The molecule has 0 amide bonds. The minimum absolute atomic E-state index is 0.0695. The van der Waals surface area contributed by atoms with Gasteiger partial charge in [-0.05, 0) is 44.7 Å². The van der Waals surface area contributed by atoms with E-state index in [1.54, 1.807) is 17.8 Å². The van der Waals surface area contributed by atoms with Gasteiger partial charge >= 0.3 is 0 Å². The first-order valence-corrected chi connectivity index (χ1v) is 12.6. The number of rotatable bonds is 6. The van der Waals surface area contributed by atoms with Gasteiger partial charge in [-0.1, -0.05) is 11.6 Å². The van der Waals surface area contributed by atoms with Crippen LogP contribution in [0.2, 0.25) is 5.02 Å². The van der Waals surface area contributed by atoms with Crippen molar-refractivity contribution in [2.75, 3.05) is 12.4 Å². The molecule has 1 saturated carbocycles. The maximum absolute atomic E-state index is 14.0. The fourth-order valence-corrected chi connectivity index (χ4v) is 5.23. The number of ether oxygens (including phenoxy) is 1. The van der Waals surface area contributed by atoms with Crippen molar-refractivity contribution in [3.05, 3.63) is 64.3 Å². The van der Waals surface area contributed by atoms with E-state index in [2.05, 4.69) is 20.4 Å². The Hall–Kier alpha value is -3.89. The van der Waals surface area contributed by atoms with Gasteiger partial charge in [0, 0.05) is 53.3 Å². The average Bonchev–Trinajstić information content (AvgIpc) is 3.48. The zero-order valence-electron chi connectivity index (χ0n) is 21.3.